The van der Waals surface area contributed by atoms with Gasteiger partial charge in [0.05, 0.1) is 28.8 Å². The van der Waals surface area contributed by atoms with Crippen LogP contribution in [0.25, 0.3) is 11.3 Å². The van der Waals surface area contributed by atoms with Gasteiger partial charge >= 0.3 is 12.2 Å². The van der Waals surface area contributed by atoms with Crippen molar-refractivity contribution in [1.29, 1.82) is 0 Å². The van der Waals surface area contributed by atoms with E-state index in [-0.39, 0.29) is 63.8 Å². The fourth-order valence-corrected chi connectivity index (χ4v) is 12.1. The van der Waals surface area contributed by atoms with Gasteiger partial charge in [0.15, 0.2) is 5.76 Å². The fraction of sp³-hybridized carbons (Fsp3) is 0.511. The number of urea groups is 1. The number of nitrogens with zero attached hydrogens (tertiary/aromatic N) is 1. The quantitative estimate of drug-likeness (QED) is 0.156. The van der Waals surface area contributed by atoms with Crippen LogP contribution in [0.5, 0.6) is 0 Å². The number of hydrogen-bond acceptors (Lipinski definition) is 5. The van der Waals surface area contributed by atoms with Gasteiger partial charge in [0.1, 0.15) is 5.76 Å². The number of Topliss-reactive ketones (excluding diaryl/α,β-unsaturated/α-hetero) is 1. The van der Waals surface area contributed by atoms with Crippen molar-refractivity contribution in [3.05, 3.63) is 106 Å². The Hall–Kier alpha value is -3.86. The van der Waals surface area contributed by atoms with Crippen molar-refractivity contribution in [2.45, 2.75) is 103 Å². The Morgan fingerprint density at radius 1 is 0.964 bits per heavy atom. The largest absolute Gasteiger partial charge is 0.453 e. The van der Waals surface area contributed by atoms with Crippen LogP contribution in [0.2, 0.25) is 5.02 Å². The Kier molecular flexibility index (Phi) is 9.29. The van der Waals surface area contributed by atoms with Gasteiger partial charge in [-0.1, -0.05) is 74.0 Å². The molecule has 6 aliphatic carbocycles. The predicted molar refractivity (Wildman–Crippen MR) is 208 cm³/mol. The van der Waals surface area contributed by atoms with E-state index >= 15 is 4.79 Å². The lowest BCUT2D eigenvalue weighted by Gasteiger charge is -2.71. The van der Waals surface area contributed by atoms with Gasteiger partial charge < -0.3 is 24.8 Å². The van der Waals surface area contributed by atoms with Gasteiger partial charge in [-0.3, -0.25) is 4.79 Å². The van der Waals surface area contributed by atoms with E-state index < -0.39 is 39.7 Å². The second-order valence-electron chi connectivity index (χ2n) is 17.9. The first-order chi connectivity index (χ1) is 26.4. The number of amides is 2. The zero-order valence-corrected chi connectivity index (χ0v) is 33.0. The topological polar surface area (TPSA) is 103 Å². The van der Waals surface area contributed by atoms with Gasteiger partial charge in [0, 0.05) is 40.0 Å². The summed E-state index contributed by atoms with van der Waals surface area (Å²) in [5, 5.41) is 27.2. The molecule has 1 aromatic heterocycles. The molecule has 3 fully saturated rings. The molecule has 6 aliphatic rings. The third kappa shape index (κ3) is 5.83. The second-order valence-corrected chi connectivity index (χ2v) is 18.3. The summed E-state index contributed by atoms with van der Waals surface area (Å²) < 4.78 is 47.2. The molecule has 7 nitrogen and oxygen atoms in total. The summed E-state index contributed by atoms with van der Waals surface area (Å²) in [5.74, 6) is -0.506. The number of ketones is 1. The minimum Gasteiger partial charge on any atom is -0.453 e. The second kappa shape index (κ2) is 13.3. The summed E-state index contributed by atoms with van der Waals surface area (Å²) in [6.07, 6.45) is 5.67. The van der Waals surface area contributed by atoms with Crippen molar-refractivity contribution in [1.82, 2.24) is 10.2 Å². The van der Waals surface area contributed by atoms with Crippen LogP contribution in [0.15, 0.2) is 88.9 Å². The van der Waals surface area contributed by atoms with Crippen molar-refractivity contribution >= 4 is 23.4 Å². The molecule has 3 N–H and O–H groups in total. The summed E-state index contributed by atoms with van der Waals surface area (Å²) in [6, 6.07) is 15.4. The number of nitrogens with one attached hydrogen (secondary N) is 1. The number of aliphatic hydroxyl groups excluding tert-OH is 1. The molecule has 2 bridgehead atoms. The third-order valence-corrected chi connectivity index (χ3v) is 15.0. The molecule has 3 saturated carbocycles. The molecule has 0 saturated heterocycles. The summed E-state index contributed by atoms with van der Waals surface area (Å²) in [5.41, 5.74) is -3.01. The smallest absolute Gasteiger partial charge is 0.416 e. The van der Waals surface area contributed by atoms with Crippen molar-refractivity contribution in [3.8, 4) is 11.3 Å². The van der Waals surface area contributed by atoms with Crippen LogP contribution in [-0.2, 0) is 12.7 Å². The molecule has 2 aromatic carbocycles. The molecular formula is C45H50ClF3N2O5. The lowest BCUT2D eigenvalue weighted by Crippen LogP contribution is -2.67. The molecule has 0 aliphatic heterocycles. The lowest BCUT2D eigenvalue weighted by atomic mass is 9.32. The average molecular weight is 791 g/mol. The minimum atomic E-state index is -4.60. The first kappa shape index (κ1) is 39.0. The molecule has 11 heteroatoms. The van der Waals surface area contributed by atoms with E-state index in [2.05, 4.69) is 37.4 Å². The highest BCUT2D eigenvalue weighted by Crippen LogP contribution is 2.78. The van der Waals surface area contributed by atoms with Crippen LogP contribution in [-0.4, -0.2) is 51.2 Å². The molecule has 1 unspecified atom stereocenters. The van der Waals surface area contributed by atoms with Gasteiger partial charge in [-0.25, -0.2) is 4.79 Å². The zero-order chi connectivity index (χ0) is 40.1. The lowest BCUT2D eigenvalue weighted by molar-refractivity contribution is -0.174. The molecule has 56 heavy (non-hydrogen) atoms. The van der Waals surface area contributed by atoms with Crippen molar-refractivity contribution in [2.75, 3.05) is 6.54 Å². The number of carbonyl (C=O) groups excluding carboxylic acids is 2. The predicted octanol–water partition coefficient (Wildman–Crippen LogP) is 10.0. The van der Waals surface area contributed by atoms with Crippen molar-refractivity contribution < 1.29 is 37.4 Å². The van der Waals surface area contributed by atoms with E-state index in [9.17, 15) is 28.2 Å². The molecule has 2 spiro atoms. The molecule has 9 rings (SSSR count). The van der Waals surface area contributed by atoms with Crippen LogP contribution in [0.4, 0.5) is 18.0 Å². The van der Waals surface area contributed by atoms with Crippen molar-refractivity contribution in [2.24, 2.45) is 33.5 Å². The normalized spacial score (nSPS) is 34.4. The SMILES string of the molecule is CC(C)NC(=O)N(Cc1ccccc1)C[C@]1(O)CC[C@H]2[C@]34C=C[C@@]5(C=C3C(=O)c3ccc(-c6cc(C(F)(F)F)ccc6Cl)o3)CC(O)CC[C@]5(C)[C@H]4CC[C@@]21C. The number of benzene rings is 2. The maximum atomic E-state index is 15.1. The first-order valence-corrected chi connectivity index (χ1v) is 20.2. The van der Waals surface area contributed by atoms with Gasteiger partial charge in [-0.05, 0) is 112 Å². The number of rotatable bonds is 8. The van der Waals surface area contributed by atoms with Crippen LogP contribution >= 0.6 is 11.6 Å². The van der Waals surface area contributed by atoms with E-state index in [1.54, 1.807) is 4.90 Å². The molecule has 1 heterocycles. The number of allylic oxidation sites excluding steroid dienone is 4. The van der Waals surface area contributed by atoms with Crippen LogP contribution in [0.3, 0.4) is 0 Å². The van der Waals surface area contributed by atoms with Crippen LogP contribution in [0.1, 0.15) is 94.3 Å². The highest BCUT2D eigenvalue weighted by molar-refractivity contribution is 6.33. The van der Waals surface area contributed by atoms with Gasteiger partial charge in [-0.2, -0.15) is 13.2 Å². The number of furan rings is 1. The van der Waals surface area contributed by atoms with Crippen LogP contribution in [0, 0.1) is 33.5 Å². The molecule has 3 aromatic rings. The number of halogens is 4. The van der Waals surface area contributed by atoms with E-state index in [1.807, 2.05) is 44.2 Å². The number of aliphatic hydroxyl groups is 2. The molecule has 8 atom stereocenters. The molecular weight excluding hydrogens is 741 g/mol. The van der Waals surface area contributed by atoms with Gasteiger partial charge in [-0.15, -0.1) is 0 Å². The van der Waals surface area contributed by atoms with E-state index in [1.165, 1.54) is 18.2 Å². The van der Waals surface area contributed by atoms with Crippen molar-refractivity contribution in [3.63, 3.8) is 0 Å². The number of hydrogen-bond donors (Lipinski definition) is 3. The minimum absolute atomic E-state index is 0.00822. The van der Waals surface area contributed by atoms with Crippen LogP contribution < -0.4 is 5.32 Å². The number of carbonyl (C=O) groups is 2. The first-order valence-electron chi connectivity index (χ1n) is 19.8. The fourth-order valence-electron chi connectivity index (χ4n) is 11.9. The maximum absolute atomic E-state index is 15.1. The Bertz CT molecular complexity index is 2110. The summed E-state index contributed by atoms with van der Waals surface area (Å²) in [7, 11) is 0. The Labute approximate surface area is 331 Å². The summed E-state index contributed by atoms with van der Waals surface area (Å²) in [6.45, 7) is 8.66. The Morgan fingerprint density at radius 3 is 2.38 bits per heavy atom. The highest BCUT2D eigenvalue weighted by Gasteiger charge is 2.74. The molecule has 298 valence electrons. The maximum Gasteiger partial charge on any atom is 0.416 e. The monoisotopic (exact) mass is 790 g/mol. The Balaban J connectivity index is 1.20. The average Bonchev–Trinajstić information content (AvgIpc) is 3.73. The molecule has 2 amide bonds. The molecule has 0 radical (unpaired) electrons. The standard InChI is InChI=1S/C45H50ClF3N2O5/c1-27(2)50-39(54)51(25-28-8-6-5-7-9-28)26-43(55)19-16-37-41(43,4)18-15-36-40(3)17-14-30(52)23-42(40)20-21-44(36,37)32(24-42)38(53)35-13-12-34(56-35)31-22-29(45(47,48)49)10-11-33(31)46/h5-13,20-22,24,27,30,36-37,52,55H,14-19,23,25-26H2,1-4H3,(H,50,54)/t30?,36-,37-,40-,41+,42+,43-,44-/m1/s1. The highest BCUT2D eigenvalue weighted by atomic mass is 35.5. The number of alkyl halides is 3. The number of fused-ring (bicyclic) bond motifs is 1. The van der Waals surface area contributed by atoms with E-state index in [4.69, 9.17) is 16.0 Å². The van der Waals surface area contributed by atoms with E-state index in [0.717, 1.165) is 30.5 Å². The Morgan fingerprint density at radius 2 is 1.66 bits per heavy atom. The zero-order valence-electron chi connectivity index (χ0n) is 32.3. The third-order valence-electron chi connectivity index (χ3n) is 14.7. The van der Waals surface area contributed by atoms with E-state index in [0.29, 0.717) is 44.2 Å². The van der Waals surface area contributed by atoms with Gasteiger partial charge in [0.25, 0.3) is 0 Å². The summed E-state index contributed by atoms with van der Waals surface area (Å²) >= 11 is 6.38. The van der Waals surface area contributed by atoms with Gasteiger partial charge in [0.2, 0.25) is 5.78 Å². The summed E-state index contributed by atoms with van der Waals surface area (Å²) in [4.78, 5) is 30.6.